The highest BCUT2D eigenvalue weighted by Gasteiger charge is 2.32. The molecule has 1 saturated heterocycles. The molecule has 2 amide bonds. The van der Waals surface area contributed by atoms with Crippen LogP contribution in [0.3, 0.4) is 0 Å². The molecule has 0 spiro atoms. The van der Waals surface area contributed by atoms with Gasteiger partial charge in [0.25, 0.3) is 5.91 Å². The number of carbonyl (C=O) groups excluding carboxylic acids is 2. The van der Waals surface area contributed by atoms with Crippen LogP contribution >= 0.6 is 22.9 Å². The van der Waals surface area contributed by atoms with Crippen molar-refractivity contribution in [1.29, 1.82) is 0 Å². The molecule has 0 radical (unpaired) electrons. The molecule has 30 heavy (non-hydrogen) atoms. The van der Waals surface area contributed by atoms with E-state index in [2.05, 4.69) is 15.4 Å². The molecule has 2 aliphatic rings. The standard InChI is InChI=1S/C20H21ClN4O4S/c1-2-18-23-28-10-9-24(18)13-3-5-14(6-4-13)25-12-15(29-20(25)27)11-22-19(26)16-7-8-17(21)30-16/h3-8,15H,2,9-12H2,1H3,(H,22,26)/t15-/m0/s1. The highest BCUT2D eigenvalue weighted by atomic mass is 35.5. The second-order valence-electron chi connectivity index (χ2n) is 6.79. The van der Waals surface area contributed by atoms with Crippen LogP contribution in [0.25, 0.3) is 0 Å². The van der Waals surface area contributed by atoms with Crippen LogP contribution in [-0.4, -0.2) is 50.2 Å². The zero-order valence-electron chi connectivity index (χ0n) is 16.3. The van der Waals surface area contributed by atoms with E-state index in [1.807, 2.05) is 31.2 Å². The van der Waals surface area contributed by atoms with Gasteiger partial charge in [0.15, 0.2) is 0 Å². The number of carbonyl (C=O) groups is 2. The van der Waals surface area contributed by atoms with Gasteiger partial charge in [-0.2, -0.15) is 0 Å². The Morgan fingerprint density at radius 2 is 1.97 bits per heavy atom. The van der Waals surface area contributed by atoms with Crippen molar-refractivity contribution in [3.05, 3.63) is 45.6 Å². The number of amidine groups is 1. The summed E-state index contributed by atoms with van der Waals surface area (Å²) >= 11 is 7.07. The minimum absolute atomic E-state index is 0.232. The van der Waals surface area contributed by atoms with Crippen molar-refractivity contribution in [2.75, 3.05) is 36.0 Å². The van der Waals surface area contributed by atoms with E-state index < -0.39 is 12.2 Å². The van der Waals surface area contributed by atoms with Gasteiger partial charge < -0.3 is 19.8 Å². The molecule has 1 aromatic heterocycles. The number of nitrogens with zero attached hydrogens (tertiary/aromatic N) is 3. The Hall–Kier alpha value is -2.78. The fourth-order valence-electron chi connectivity index (χ4n) is 3.35. The Bertz CT molecular complexity index is 962. The van der Waals surface area contributed by atoms with E-state index in [1.54, 1.807) is 17.0 Å². The molecule has 158 valence electrons. The molecular formula is C20H21ClN4O4S. The number of ether oxygens (including phenoxy) is 1. The summed E-state index contributed by atoms with van der Waals surface area (Å²) in [6.45, 7) is 3.90. The molecule has 4 rings (SSSR count). The fourth-order valence-corrected chi connectivity index (χ4v) is 4.30. The maximum absolute atomic E-state index is 12.3. The molecule has 0 aliphatic carbocycles. The first-order valence-electron chi connectivity index (χ1n) is 9.63. The van der Waals surface area contributed by atoms with Gasteiger partial charge in [-0.05, 0) is 36.4 Å². The number of thiophene rings is 1. The second kappa shape index (κ2) is 8.93. The number of oxime groups is 1. The van der Waals surface area contributed by atoms with Gasteiger partial charge in [0, 0.05) is 17.8 Å². The first-order chi connectivity index (χ1) is 14.5. The van der Waals surface area contributed by atoms with Gasteiger partial charge in [-0.3, -0.25) is 9.69 Å². The second-order valence-corrected chi connectivity index (χ2v) is 8.51. The normalized spacial score (nSPS) is 18.7. The number of hydrogen-bond donors (Lipinski definition) is 1. The van der Waals surface area contributed by atoms with Crippen LogP contribution < -0.4 is 15.1 Å². The molecule has 2 aromatic rings. The molecule has 0 bridgehead atoms. The molecular weight excluding hydrogens is 428 g/mol. The number of rotatable bonds is 6. The Kier molecular flexibility index (Phi) is 6.10. The molecule has 10 heteroatoms. The van der Waals surface area contributed by atoms with Crippen molar-refractivity contribution in [3.8, 4) is 0 Å². The zero-order chi connectivity index (χ0) is 21.1. The molecule has 1 fully saturated rings. The quantitative estimate of drug-likeness (QED) is 0.728. The lowest BCUT2D eigenvalue weighted by Gasteiger charge is -2.28. The third-order valence-electron chi connectivity index (χ3n) is 4.84. The molecule has 0 unspecified atom stereocenters. The van der Waals surface area contributed by atoms with Crippen molar-refractivity contribution in [2.45, 2.75) is 19.4 Å². The van der Waals surface area contributed by atoms with Gasteiger partial charge in [0.1, 0.15) is 18.5 Å². The predicted octanol–water partition coefficient (Wildman–Crippen LogP) is 3.72. The van der Waals surface area contributed by atoms with Crippen molar-refractivity contribution >= 4 is 52.1 Å². The predicted molar refractivity (Wildman–Crippen MR) is 117 cm³/mol. The maximum atomic E-state index is 12.3. The van der Waals surface area contributed by atoms with Crippen LogP contribution in [0.1, 0.15) is 23.0 Å². The average molecular weight is 449 g/mol. The molecule has 1 atom stereocenters. The summed E-state index contributed by atoms with van der Waals surface area (Å²) in [6, 6.07) is 11.0. The maximum Gasteiger partial charge on any atom is 0.414 e. The van der Waals surface area contributed by atoms with Crippen LogP contribution in [-0.2, 0) is 9.57 Å². The lowest BCUT2D eigenvalue weighted by Crippen LogP contribution is -2.37. The van der Waals surface area contributed by atoms with E-state index >= 15 is 0 Å². The van der Waals surface area contributed by atoms with E-state index in [-0.39, 0.29) is 12.5 Å². The summed E-state index contributed by atoms with van der Waals surface area (Å²) in [5, 5.41) is 6.89. The lowest BCUT2D eigenvalue weighted by molar-refractivity contribution is 0.0920. The van der Waals surface area contributed by atoms with E-state index in [0.717, 1.165) is 30.2 Å². The van der Waals surface area contributed by atoms with Gasteiger partial charge in [-0.25, -0.2) is 4.79 Å². The van der Waals surface area contributed by atoms with E-state index in [1.165, 1.54) is 11.3 Å². The summed E-state index contributed by atoms with van der Waals surface area (Å²) in [6.07, 6.45) is -0.0800. The lowest BCUT2D eigenvalue weighted by atomic mass is 10.2. The summed E-state index contributed by atoms with van der Waals surface area (Å²) in [7, 11) is 0. The van der Waals surface area contributed by atoms with Crippen molar-refractivity contribution in [2.24, 2.45) is 5.16 Å². The smallest absolute Gasteiger partial charge is 0.414 e. The third-order valence-corrected chi connectivity index (χ3v) is 6.07. The van der Waals surface area contributed by atoms with Crippen LogP contribution in [0, 0.1) is 0 Å². The van der Waals surface area contributed by atoms with E-state index in [0.29, 0.717) is 22.4 Å². The SMILES string of the molecule is CCC1=NOCCN1c1ccc(N2C[C@H](CNC(=O)c3ccc(Cl)s3)OC2=O)cc1. The number of anilines is 2. The highest BCUT2D eigenvalue weighted by Crippen LogP contribution is 2.26. The number of hydrogen-bond acceptors (Lipinski definition) is 7. The van der Waals surface area contributed by atoms with Crippen molar-refractivity contribution < 1.29 is 19.2 Å². The molecule has 1 aromatic carbocycles. The number of nitrogens with one attached hydrogen (secondary N) is 1. The van der Waals surface area contributed by atoms with Crippen LogP contribution in [0.4, 0.5) is 16.2 Å². The Labute approximate surface area is 183 Å². The summed E-state index contributed by atoms with van der Waals surface area (Å²) < 4.78 is 5.96. The van der Waals surface area contributed by atoms with Crippen molar-refractivity contribution in [3.63, 3.8) is 0 Å². The minimum Gasteiger partial charge on any atom is -0.442 e. The number of halogens is 1. The van der Waals surface area contributed by atoms with Crippen LogP contribution in [0.5, 0.6) is 0 Å². The van der Waals surface area contributed by atoms with Gasteiger partial charge in [0.2, 0.25) is 0 Å². The zero-order valence-corrected chi connectivity index (χ0v) is 17.9. The topological polar surface area (TPSA) is 83.5 Å². The van der Waals surface area contributed by atoms with Crippen LogP contribution in [0.15, 0.2) is 41.6 Å². The average Bonchev–Trinajstić information content (AvgIpc) is 3.37. The molecule has 1 N–H and O–H groups in total. The molecule has 2 aliphatic heterocycles. The Morgan fingerprint density at radius 1 is 1.23 bits per heavy atom. The van der Waals surface area contributed by atoms with Gasteiger partial charge in [-0.1, -0.05) is 23.7 Å². The number of amides is 2. The third kappa shape index (κ3) is 4.36. The Balaban J connectivity index is 1.36. The Morgan fingerprint density at radius 3 is 2.63 bits per heavy atom. The van der Waals surface area contributed by atoms with Crippen LogP contribution in [0.2, 0.25) is 4.34 Å². The van der Waals surface area contributed by atoms with Crippen molar-refractivity contribution in [1.82, 2.24) is 5.32 Å². The summed E-state index contributed by atoms with van der Waals surface area (Å²) in [5.41, 5.74) is 1.74. The fraction of sp³-hybridized carbons (Fsp3) is 0.350. The first kappa shape index (κ1) is 20.5. The highest BCUT2D eigenvalue weighted by molar-refractivity contribution is 7.18. The minimum atomic E-state index is -0.427. The van der Waals surface area contributed by atoms with E-state index in [9.17, 15) is 9.59 Å². The summed E-state index contributed by atoms with van der Waals surface area (Å²) in [5.74, 6) is 0.641. The largest absolute Gasteiger partial charge is 0.442 e. The number of cyclic esters (lactones) is 1. The number of benzene rings is 1. The van der Waals surface area contributed by atoms with Gasteiger partial charge in [-0.15, -0.1) is 11.3 Å². The summed E-state index contributed by atoms with van der Waals surface area (Å²) in [4.78, 5) is 33.8. The molecule has 0 saturated carbocycles. The molecule has 8 nitrogen and oxygen atoms in total. The van der Waals surface area contributed by atoms with Gasteiger partial charge >= 0.3 is 6.09 Å². The van der Waals surface area contributed by atoms with Gasteiger partial charge in [0.05, 0.1) is 28.8 Å². The van der Waals surface area contributed by atoms with E-state index in [4.69, 9.17) is 21.2 Å². The monoisotopic (exact) mass is 448 g/mol. The first-order valence-corrected chi connectivity index (χ1v) is 10.8. The molecule has 3 heterocycles.